The zero-order chi connectivity index (χ0) is 19.2. The summed E-state index contributed by atoms with van der Waals surface area (Å²) < 4.78 is 0. The van der Waals surface area contributed by atoms with Crippen LogP contribution in [-0.2, 0) is 26.2 Å². The average molecular weight is 469 g/mol. The first-order valence-corrected chi connectivity index (χ1v) is 11.7. The van der Waals surface area contributed by atoms with Gasteiger partial charge in [0.15, 0.2) is 0 Å². The second-order valence-electron chi connectivity index (χ2n) is 10.7. The van der Waals surface area contributed by atoms with Gasteiger partial charge in [0.05, 0.1) is 0 Å². The van der Waals surface area contributed by atoms with Gasteiger partial charge in [-0.15, -0.1) is 33.7 Å². The van der Waals surface area contributed by atoms with Gasteiger partial charge in [0.1, 0.15) is 0 Å². The maximum Gasteiger partial charge on any atom is 0 e. The quantitative estimate of drug-likeness (QED) is 0.335. The van der Waals surface area contributed by atoms with Crippen molar-refractivity contribution in [2.45, 2.75) is 45.4 Å². The van der Waals surface area contributed by atoms with Crippen molar-refractivity contribution >= 4 is 27.1 Å². The molecular weight excluding hydrogens is 440 g/mol. The van der Waals surface area contributed by atoms with Gasteiger partial charge in [-0.2, -0.15) is 0 Å². The second-order valence-corrected chi connectivity index (χ2v) is 10.7. The second kappa shape index (κ2) is 6.83. The zero-order valence-electron chi connectivity index (χ0n) is 17.8. The van der Waals surface area contributed by atoms with E-state index in [2.05, 4.69) is 67.6 Å². The molecule has 0 aromatic heterocycles. The summed E-state index contributed by atoms with van der Waals surface area (Å²) >= 11 is 0. The third kappa shape index (κ3) is 2.64. The van der Waals surface area contributed by atoms with Crippen molar-refractivity contribution in [2.75, 3.05) is 0 Å². The molecule has 0 spiro atoms. The van der Waals surface area contributed by atoms with Crippen LogP contribution in [0.2, 0.25) is 0 Å². The molecule has 150 valence electrons. The van der Waals surface area contributed by atoms with Crippen molar-refractivity contribution in [3.63, 3.8) is 0 Å². The van der Waals surface area contributed by atoms with Crippen LogP contribution in [0, 0.1) is 29.1 Å². The average Bonchev–Trinajstić information content (AvgIpc) is 3.28. The molecule has 5 aliphatic rings. The van der Waals surface area contributed by atoms with E-state index in [-0.39, 0.29) is 26.2 Å². The molecule has 1 heteroatoms. The van der Waals surface area contributed by atoms with Crippen LogP contribution < -0.4 is 0 Å². The van der Waals surface area contributed by atoms with E-state index >= 15 is 0 Å². The topological polar surface area (TPSA) is 0 Å². The largest absolute Gasteiger partial charge is 0.126 e. The van der Waals surface area contributed by atoms with E-state index in [0.717, 1.165) is 17.8 Å². The van der Waals surface area contributed by atoms with Gasteiger partial charge in [-0.25, -0.2) is 0 Å². The Labute approximate surface area is 198 Å². The smallest absolute Gasteiger partial charge is 0 e. The van der Waals surface area contributed by atoms with E-state index in [9.17, 15) is 0 Å². The van der Waals surface area contributed by atoms with E-state index in [1.165, 1.54) is 65.6 Å². The Balaban J connectivity index is 0.00000175. The van der Waals surface area contributed by atoms with E-state index in [0.29, 0.717) is 11.3 Å². The number of fused-ring (bicyclic) bond motifs is 3. The third-order valence-corrected chi connectivity index (χ3v) is 8.85. The predicted molar refractivity (Wildman–Crippen MR) is 123 cm³/mol. The summed E-state index contributed by atoms with van der Waals surface area (Å²) in [6.45, 7) is 2.42. The minimum absolute atomic E-state index is 0. The van der Waals surface area contributed by atoms with Crippen LogP contribution >= 0.6 is 0 Å². The standard InChI is InChI=1S/C29H29.Zr/c1-18-9-10-27(29-15-19-11-20(16-29)13-21(12-19)17-29)28(18)25-8-4-7-24-23-6-3-2-5-22(23)14-26(24)25;/h2-10,14,18-21H,11-13,15-17H2,1H3;/q-1;. The summed E-state index contributed by atoms with van der Waals surface area (Å²) in [5.41, 5.74) is 5.34. The third-order valence-electron chi connectivity index (χ3n) is 8.85. The first kappa shape index (κ1) is 19.4. The normalized spacial score (nSPS) is 34.3. The summed E-state index contributed by atoms with van der Waals surface area (Å²) in [7, 11) is 0. The molecule has 4 bridgehead atoms. The van der Waals surface area contributed by atoms with Crippen molar-refractivity contribution in [1.29, 1.82) is 0 Å². The summed E-state index contributed by atoms with van der Waals surface area (Å²) in [5, 5.41) is 5.67. The molecule has 8 rings (SSSR count). The van der Waals surface area contributed by atoms with Crippen LogP contribution in [0.15, 0.2) is 66.3 Å². The molecule has 0 radical (unpaired) electrons. The fraction of sp³-hybridized carbons (Fsp3) is 0.414. The molecule has 1 atom stereocenters. The number of hydrogen-bond acceptors (Lipinski definition) is 0. The summed E-state index contributed by atoms with van der Waals surface area (Å²) in [4.78, 5) is 0. The first-order chi connectivity index (χ1) is 14.2. The van der Waals surface area contributed by atoms with Crippen molar-refractivity contribution < 1.29 is 26.2 Å². The maximum absolute atomic E-state index is 2.55. The van der Waals surface area contributed by atoms with Crippen molar-refractivity contribution in [3.05, 3.63) is 71.8 Å². The number of hydrogen-bond donors (Lipinski definition) is 0. The Hall–Kier alpha value is -1.33. The Morgan fingerprint density at radius 1 is 0.833 bits per heavy atom. The SMILES string of the molecule is CC1C=CC(C23CC4CC(CC(C4)C2)C3)=C1c1cccc2c1[cH-]c1ccccc12.[Zr]. The minimum Gasteiger partial charge on any atom is -0.126 e. The maximum atomic E-state index is 2.55. The van der Waals surface area contributed by atoms with Crippen LogP contribution in [0.1, 0.15) is 51.0 Å². The molecule has 4 fully saturated rings. The molecule has 30 heavy (non-hydrogen) atoms. The number of allylic oxidation sites excluding steroid dienone is 4. The van der Waals surface area contributed by atoms with Gasteiger partial charge in [-0.1, -0.05) is 66.6 Å². The first-order valence-electron chi connectivity index (χ1n) is 11.7. The van der Waals surface area contributed by atoms with Crippen LogP contribution in [0.4, 0.5) is 0 Å². The summed E-state index contributed by atoms with van der Waals surface area (Å²) in [6, 6.07) is 18.3. The molecule has 3 aromatic carbocycles. The molecule has 5 aliphatic carbocycles. The molecule has 3 aromatic rings. The molecule has 0 N–H and O–H groups in total. The van der Waals surface area contributed by atoms with Gasteiger partial charge >= 0.3 is 0 Å². The number of benzene rings is 2. The molecule has 1 unspecified atom stereocenters. The Kier molecular flexibility index (Phi) is 4.41. The molecular formula is C29H29Zr-. The van der Waals surface area contributed by atoms with E-state index in [1.54, 1.807) is 11.1 Å². The van der Waals surface area contributed by atoms with Gasteiger partial charge in [-0.3, -0.25) is 0 Å². The molecule has 0 saturated heterocycles. The van der Waals surface area contributed by atoms with Crippen LogP contribution in [0.3, 0.4) is 0 Å². The van der Waals surface area contributed by atoms with Crippen LogP contribution in [0.5, 0.6) is 0 Å². The van der Waals surface area contributed by atoms with E-state index < -0.39 is 0 Å². The van der Waals surface area contributed by atoms with Gasteiger partial charge in [0.2, 0.25) is 0 Å². The van der Waals surface area contributed by atoms with Crippen LogP contribution in [-0.4, -0.2) is 0 Å². The fourth-order valence-corrected chi connectivity index (χ4v) is 8.18. The van der Waals surface area contributed by atoms with Gasteiger partial charge in [0.25, 0.3) is 0 Å². The van der Waals surface area contributed by atoms with Crippen molar-refractivity contribution in [1.82, 2.24) is 0 Å². The van der Waals surface area contributed by atoms with E-state index in [4.69, 9.17) is 0 Å². The molecule has 0 amide bonds. The molecule has 0 heterocycles. The molecule has 0 nitrogen and oxygen atoms in total. The fourth-order valence-electron chi connectivity index (χ4n) is 8.18. The van der Waals surface area contributed by atoms with Gasteiger partial charge in [-0.05, 0) is 73.2 Å². The van der Waals surface area contributed by atoms with Gasteiger partial charge < -0.3 is 0 Å². The van der Waals surface area contributed by atoms with Crippen molar-refractivity contribution in [2.24, 2.45) is 29.1 Å². The van der Waals surface area contributed by atoms with E-state index in [1.807, 2.05) is 0 Å². The Morgan fingerprint density at radius 3 is 2.23 bits per heavy atom. The summed E-state index contributed by atoms with van der Waals surface area (Å²) in [5.74, 6) is 3.52. The summed E-state index contributed by atoms with van der Waals surface area (Å²) in [6.07, 6.45) is 14.0. The zero-order valence-corrected chi connectivity index (χ0v) is 20.3. The predicted octanol–water partition coefficient (Wildman–Crippen LogP) is 7.89. The number of rotatable bonds is 2. The van der Waals surface area contributed by atoms with Crippen molar-refractivity contribution in [3.8, 4) is 0 Å². The van der Waals surface area contributed by atoms with Crippen LogP contribution in [0.25, 0.3) is 27.1 Å². The monoisotopic (exact) mass is 467 g/mol. The molecule has 4 saturated carbocycles. The van der Waals surface area contributed by atoms with Gasteiger partial charge in [0, 0.05) is 26.2 Å². The minimum atomic E-state index is 0. The Morgan fingerprint density at radius 2 is 1.50 bits per heavy atom. The molecule has 0 aliphatic heterocycles. The Bertz CT molecular complexity index is 1170.